The minimum atomic E-state index is -0.547. The zero-order valence-electron chi connectivity index (χ0n) is 10.6. The number of hydrogen-bond acceptors (Lipinski definition) is 6. The first-order valence-corrected chi connectivity index (χ1v) is 5.61. The zero-order chi connectivity index (χ0) is 14.1. The second kappa shape index (κ2) is 7.69. The molecule has 0 spiro atoms. The summed E-state index contributed by atoms with van der Waals surface area (Å²) in [6, 6.07) is 1.78. The Hall–Kier alpha value is -2.58. The Bertz CT molecular complexity index is 482. The van der Waals surface area contributed by atoms with Crippen molar-refractivity contribution in [2.24, 2.45) is 0 Å². The number of rotatable bonds is 5. The maximum Gasteiger partial charge on any atom is 0.350 e. The summed E-state index contributed by atoms with van der Waals surface area (Å²) in [5.74, 6) is 0.838. The fourth-order valence-corrected chi connectivity index (χ4v) is 1.13. The summed E-state index contributed by atoms with van der Waals surface area (Å²) < 4.78 is 9.91. The molecular weight excluding hydrogens is 254 g/mol. The van der Waals surface area contributed by atoms with E-state index in [2.05, 4.69) is 20.4 Å². The van der Waals surface area contributed by atoms with E-state index in [4.69, 9.17) is 9.47 Å². The van der Waals surface area contributed by atoms with E-state index >= 15 is 0 Å². The first kappa shape index (κ1) is 14.5. The number of aromatic amines is 2. The quantitative estimate of drug-likeness (QED) is 0.627. The van der Waals surface area contributed by atoms with Crippen LogP contribution in [-0.2, 0) is 0 Å². The molecule has 2 aromatic rings. The predicted octanol–water partition coefficient (Wildman–Crippen LogP) is 1.52. The van der Waals surface area contributed by atoms with Crippen LogP contribution in [0, 0.1) is 10.1 Å². The molecule has 104 valence electrons. The number of nitro groups is 1. The van der Waals surface area contributed by atoms with E-state index in [1.165, 1.54) is 0 Å². The largest absolute Gasteiger partial charge is 0.478 e. The van der Waals surface area contributed by atoms with Crippen molar-refractivity contribution < 1.29 is 14.4 Å². The molecule has 2 heterocycles. The molecule has 0 bridgehead atoms. The van der Waals surface area contributed by atoms with Gasteiger partial charge in [0.25, 0.3) is 5.88 Å². The van der Waals surface area contributed by atoms with Gasteiger partial charge in [0.05, 0.1) is 24.3 Å². The van der Waals surface area contributed by atoms with E-state index < -0.39 is 4.92 Å². The summed E-state index contributed by atoms with van der Waals surface area (Å²) in [4.78, 5) is 9.68. The van der Waals surface area contributed by atoms with E-state index in [1.807, 2.05) is 6.92 Å². The Kier molecular flexibility index (Phi) is 5.86. The summed E-state index contributed by atoms with van der Waals surface area (Å²) in [5, 5.41) is 22.4. The van der Waals surface area contributed by atoms with Crippen molar-refractivity contribution in [1.82, 2.24) is 20.4 Å². The predicted molar refractivity (Wildman–Crippen MR) is 66.2 cm³/mol. The maximum absolute atomic E-state index is 10.2. The standard InChI is InChI=1S/C5H7N3O3.C5H8N2O/c1-2-11-5-4(8(9)10)3-6-7-5;1-2-8-5-3-4-6-7-5/h3H,2H2,1H3,(H,6,7);3-4H,2H2,1H3,(H,6,7). The van der Waals surface area contributed by atoms with Crippen LogP contribution in [0.4, 0.5) is 5.69 Å². The van der Waals surface area contributed by atoms with E-state index in [9.17, 15) is 10.1 Å². The number of H-pyrrole nitrogens is 2. The molecule has 0 aliphatic rings. The highest BCUT2D eigenvalue weighted by Gasteiger charge is 2.16. The van der Waals surface area contributed by atoms with Gasteiger partial charge in [-0.05, 0) is 13.8 Å². The van der Waals surface area contributed by atoms with Crippen molar-refractivity contribution in [3.63, 3.8) is 0 Å². The van der Waals surface area contributed by atoms with Crippen molar-refractivity contribution in [3.05, 3.63) is 28.6 Å². The lowest BCUT2D eigenvalue weighted by atomic mass is 10.6. The molecule has 0 unspecified atom stereocenters. The summed E-state index contributed by atoms with van der Waals surface area (Å²) in [6.07, 6.45) is 2.77. The summed E-state index contributed by atoms with van der Waals surface area (Å²) in [6.45, 7) is 4.73. The Morgan fingerprint density at radius 1 is 1.26 bits per heavy atom. The van der Waals surface area contributed by atoms with Crippen LogP contribution in [0.3, 0.4) is 0 Å². The van der Waals surface area contributed by atoms with Gasteiger partial charge in [0.1, 0.15) is 6.20 Å². The fraction of sp³-hybridized carbons (Fsp3) is 0.400. The monoisotopic (exact) mass is 269 g/mol. The lowest BCUT2D eigenvalue weighted by molar-refractivity contribution is -0.385. The first-order valence-electron chi connectivity index (χ1n) is 5.61. The average molecular weight is 269 g/mol. The van der Waals surface area contributed by atoms with Gasteiger partial charge < -0.3 is 9.47 Å². The Morgan fingerprint density at radius 3 is 2.53 bits per heavy atom. The molecular formula is C10H15N5O4. The third-order valence-corrected chi connectivity index (χ3v) is 1.85. The zero-order valence-corrected chi connectivity index (χ0v) is 10.6. The van der Waals surface area contributed by atoms with Crippen molar-refractivity contribution in [3.8, 4) is 11.8 Å². The van der Waals surface area contributed by atoms with Crippen LogP contribution in [0.1, 0.15) is 13.8 Å². The second-order valence-corrected chi connectivity index (χ2v) is 3.13. The molecule has 0 saturated carbocycles. The van der Waals surface area contributed by atoms with Crippen molar-refractivity contribution in [1.29, 1.82) is 0 Å². The first-order chi connectivity index (χ1) is 9.19. The van der Waals surface area contributed by atoms with Crippen LogP contribution in [0.15, 0.2) is 18.5 Å². The normalized spacial score (nSPS) is 9.37. The van der Waals surface area contributed by atoms with Crippen LogP contribution in [0.2, 0.25) is 0 Å². The third-order valence-electron chi connectivity index (χ3n) is 1.85. The number of hydrogen-bond donors (Lipinski definition) is 2. The van der Waals surface area contributed by atoms with Gasteiger partial charge in [-0.25, -0.2) is 10.2 Å². The molecule has 2 N–H and O–H groups in total. The smallest absolute Gasteiger partial charge is 0.350 e. The fourth-order valence-electron chi connectivity index (χ4n) is 1.13. The molecule has 0 aromatic carbocycles. The van der Waals surface area contributed by atoms with Gasteiger partial charge in [0, 0.05) is 6.07 Å². The number of nitrogens with zero attached hydrogens (tertiary/aromatic N) is 3. The number of nitrogens with one attached hydrogen (secondary N) is 2. The van der Waals surface area contributed by atoms with Gasteiger partial charge in [-0.3, -0.25) is 10.1 Å². The highest BCUT2D eigenvalue weighted by Crippen LogP contribution is 2.21. The molecule has 0 aliphatic carbocycles. The molecule has 0 saturated heterocycles. The van der Waals surface area contributed by atoms with Gasteiger partial charge in [-0.15, -0.1) is 0 Å². The SMILES string of the molecule is CCOc1[nH]ncc1[N+](=O)[O-].CCOc1ccn[nH]1. The van der Waals surface area contributed by atoms with Gasteiger partial charge in [0.15, 0.2) is 0 Å². The molecule has 9 heteroatoms. The van der Waals surface area contributed by atoms with Crippen LogP contribution in [0.5, 0.6) is 11.8 Å². The van der Waals surface area contributed by atoms with Gasteiger partial charge in [-0.2, -0.15) is 10.2 Å². The van der Waals surface area contributed by atoms with Crippen molar-refractivity contribution in [2.75, 3.05) is 13.2 Å². The topological polar surface area (TPSA) is 119 Å². The number of ether oxygens (including phenoxy) is 2. The van der Waals surface area contributed by atoms with E-state index in [1.54, 1.807) is 19.2 Å². The Balaban J connectivity index is 0.000000200. The lowest BCUT2D eigenvalue weighted by Gasteiger charge is -1.95. The lowest BCUT2D eigenvalue weighted by Crippen LogP contribution is -1.95. The second-order valence-electron chi connectivity index (χ2n) is 3.13. The molecule has 2 rings (SSSR count). The van der Waals surface area contributed by atoms with E-state index in [-0.39, 0.29) is 11.6 Å². The molecule has 0 atom stereocenters. The third kappa shape index (κ3) is 4.66. The van der Waals surface area contributed by atoms with Gasteiger partial charge in [-0.1, -0.05) is 0 Å². The minimum absolute atomic E-state index is 0.109. The molecule has 0 radical (unpaired) electrons. The molecule has 0 amide bonds. The summed E-state index contributed by atoms with van der Waals surface area (Å²) in [5.41, 5.74) is -0.133. The van der Waals surface area contributed by atoms with Crippen molar-refractivity contribution >= 4 is 5.69 Å². The molecule has 19 heavy (non-hydrogen) atoms. The van der Waals surface area contributed by atoms with Gasteiger partial charge >= 0.3 is 5.69 Å². The highest BCUT2D eigenvalue weighted by molar-refractivity contribution is 5.37. The van der Waals surface area contributed by atoms with Crippen molar-refractivity contribution in [2.45, 2.75) is 13.8 Å². The van der Waals surface area contributed by atoms with E-state index in [0.717, 1.165) is 12.1 Å². The summed E-state index contributed by atoms with van der Waals surface area (Å²) in [7, 11) is 0. The maximum atomic E-state index is 10.2. The van der Waals surface area contributed by atoms with Gasteiger partial charge in [0.2, 0.25) is 5.88 Å². The van der Waals surface area contributed by atoms with Crippen LogP contribution in [0.25, 0.3) is 0 Å². The molecule has 2 aromatic heterocycles. The summed E-state index contributed by atoms with van der Waals surface area (Å²) >= 11 is 0. The molecule has 9 nitrogen and oxygen atoms in total. The van der Waals surface area contributed by atoms with Crippen LogP contribution < -0.4 is 9.47 Å². The Labute approximate surface area is 109 Å². The molecule has 0 aliphatic heterocycles. The Morgan fingerprint density at radius 2 is 2.00 bits per heavy atom. The van der Waals surface area contributed by atoms with Crippen LogP contribution in [-0.4, -0.2) is 38.5 Å². The minimum Gasteiger partial charge on any atom is -0.478 e. The van der Waals surface area contributed by atoms with E-state index in [0.29, 0.717) is 13.2 Å². The number of aromatic nitrogens is 4. The average Bonchev–Trinajstić information content (AvgIpc) is 3.02. The molecule has 0 fully saturated rings. The van der Waals surface area contributed by atoms with Crippen LogP contribution >= 0.6 is 0 Å². The highest BCUT2D eigenvalue weighted by atomic mass is 16.6.